The van der Waals surface area contributed by atoms with Crippen LogP contribution in [0, 0.1) is 5.92 Å². The van der Waals surface area contributed by atoms with Crippen LogP contribution < -0.4 is 15.4 Å². The van der Waals surface area contributed by atoms with Gasteiger partial charge in [-0.05, 0) is 19.2 Å². The number of hydrogen-bond donors (Lipinski definition) is 2. The van der Waals surface area contributed by atoms with E-state index in [9.17, 15) is 9.59 Å². The van der Waals surface area contributed by atoms with Crippen molar-refractivity contribution in [2.75, 3.05) is 32.5 Å². The Labute approximate surface area is 130 Å². The van der Waals surface area contributed by atoms with Crippen LogP contribution in [0.3, 0.4) is 0 Å². The topological polar surface area (TPSA) is 70.7 Å². The van der Waals surface area contributed by atoms with Gasteiger partial charge in [0.1, 0.15) is 6.10 Å². The van der Waals surface area contributed by atoms with Gasteiger partial charge >= 0.3 is 0 Å². The molecule has 2 atom stereocenters. The highest BCUT2D eigenvalue weighted by Gasteiger charge is 2.30. The number of nitrogens with zero attached hydrogens (tertiary/aromatic N) is 1. The van der Waals surface area contributed by atoms with Crippen LogP contribution in [0.2, 0.25) is 0 Å². The van der Waals surface area contributed by atoms with Crippen LogP contribution in [-0.2, 0) is 4.79 Å². The number of benzene rings is 1. The molecule has 0 bridgehead atoms. The van der Waals surface area contributed by atoms with E-state index < -0.39 is 0 Å². The first-order valence-corrected chi connectivity index (χ1v) is 7.41. The van der Waals surface area contributed by atoms with E-state index in [2.05, 4.69) is 17.6 Å². The number of para-hydroxylation sites is 1. The third kappa shape index (κ3) is 3.39. The average molecular weight is 305 g/mol. The summed E-state index contributed by atoms with van der Waals surface area (Å²) in [5.74, 6) is 0.316. The molecule has 1 aromatic rings. The number of ether oxygens (including phenoxy) is 1. The molecule has 6 heteroatoms. The third-order valence-electron chi connectivity index (χ3n) is 3.77. The summed E-state index contributed by atoms with van der Waals surface area (Å²) in [6.45, 7) is 4.77. The van der Waals surface area contributed by atoms with Gasteiger partial charge in [-0.2, -0.15) is 0 Å². The van der Waals surface area contributed by atoms with Crippen molar-refractivity contribution in [2.24, 2.45) is 5.92 Å². The van der Waals surface area contributed by atoms with Gasteiger partial charge in [0.25, 0.3) is 5.91 Å². The zero-order valence-electron chi connectivity index (χ0n) is 13.5. The third-order valence-corrected chi connectivity index (χ3v) is 3.77. The summed E-state index contributed by atoms with van der Waals surface area (Å²) in [4.78, 5) is 25.7. The minimum absolute atomic E-state index is 0.0887. The van der Waals surface area contributed by atoms with Gasteiger partial charge in [0.05, 0.1) is 11.3 Å². The summed E-state index contributed by atoms with van der Waals surface area (Å²) < 4.78 is 6.12. The second-order valence-corrected chi connectivity index (χ2v) is 5.74. The van der Waals surface area contributed by atoms with E-state index >= 15 is 0 Å². The molecular formula is C16H23N3O3. The molecule has 2 N–H and O–H groups in total. The lowest BCUT2D eigenvalue weighted by atomic mass is 10.0. The summed E-state index contributed by atoms with van der Waals surface area (Å²) in [5, 5.41) is 5.86. The van der Waals surface area contributed by atoms with Gasteiger partial charge in [0.15, 0.2) is 5.75 Å². The monoisotopic (exact) mass is 305 g/mol. The fraction of sp³-hybridized carbons (Fsp3) is 0.500. The lowest BCUT2D eigenvalue weighted by molar-refractivity contribution is -0.114. The molecule has 120 valence electrons. The highest BCUT2D eigenvalue weighted by atomic mass is 16.5. The molecule has 6 nitrogen and oxygen atoms in total. The zero-order chi connectivity index (χ0) is 16.3. The summed E-state index contributed by atoms with van der Waals surface area (Å²) in [5.41, 5.74) is 1.00. The number of hydrogen-bond acceptors (Lipinski definition) is 4. The maximum atomic E-state index is 12.6. The predicted molar refractivity (Wildman–Crippen MR) is 85.2 cm³/mol. The smallest absolute Gasteiger partial charge is 0.257 e. The number of carbonyl (C=O) groups excluding carboxylic acids is 2. The van der Waals surface area contributed by atoms with Crippen LogP contribution >= 0.6 is 0 Å². The average Bonchev–Trinajstić information content (AvgIpc) is 2.45. The van der Waals surface area contributed by atoms with Crippen LogP contribution in [0.25, 0.3) is 0 Å². The van der Waals surface area contributed by atoms with E-state index in [1.165, 1.54) is 6.92 Å². The van der Waals surface area contributed by atoms with E-state index in [4.69, 9.17) is 4.74 Å². The molecule has 1 aliphatic heterocycles. The molecule has 0 spiro atoms. The van der Waals surface area contributed by atoms with E-state index in [-0.39, 0.29) is 23.8 Å². The Morgan fingerprint density at radius 3 is 2.82 bits per heavy atom. The van der Waals surface area contributed by atoms with Crippen LogP contribution in [0.5, 0.6) is 5.75 Å². The fourth-order valence-electron chi connectivity index (χ4n) is 2.67. The SMILES string of the molecule is CNC[C@H]1Oc2c(NC(C)=O)cccc2C(=O)N(C)C[C@@H]1C. The maximum Gasteiger partial charge on any atom is 0.257 e. The Kier molecular flexibility index (Phi) is 5.03. The van der Waals surface area contributed by atoms with Gasteiger partial charge < -0.3 is 20.3 Å². The predicted octanol–water partition coefficient (Wildman–Crippen LogP) is 1.33. The van der Waals surface area contributed by atoms with Crippen molar-refractivity contribution >= 4 is 17.5 Å². The maximum absolute atomic E-state index is 12.6. The van der Waals surface area contributed by atoms with Gasteiger partial charge in [-0.25, -0.2) is 0 Å². The van der Waals surface area contributed by atoms with Crippen molar-refractivity contribution in [1.29, 1.82) is 0 Å². The first-order chi connectivity index (χ1) is 10.4. The largest absolute Gasteiger partial charge is 0.486 e. The van der Waals surface area contributed by atoms with Gasteiger partial charge in [-0.15, -0.1) is 0 Å². The molecule has 0 aromatic heterocycles. The summed E-state index contributed by atoms with van der Waals surface area (Å²) >= 11 is 0. The molecule has 2 amide bonds. The van der Waals surface area contributed by atoms with Crippen molar-refractivity contribution < 1.29 is 14.3 Å². The second kappa shape index (κ2) is 6.79. The Balaban J connectivity index is 2.49. The van der Waals surface area contributed by atoms with Crippen LogP contribution in [-0.4, -0.2) is 50.0 Å². The van der Waals surface area contributed by atoms with Crippen molar-refractivity contribution in [3.63, 3.8) is 0 Å². The molecule has 1 aromatic carbocycles. The molecule has 0 aliphatic carbocycles. The first kappa shape index (κ1) is 16.3. The molecule has 1 heterocycles. The van der Waals surface area contributed by atoms with Crippen molar-refractivity contribution in [2.45, 2.75) is 20.0 Å². The number of nitrogens with one attached hydrogen (secondary N) is 2. The van der Waals surface area contributed by atoms with Crippen LogP contribution in [0.1, 0.15) is 24.2 Å². The zero-order valence-corrected chi connectivity index (χ0v) is 13.5. The van der Waals surface area contributed by atoms with Gasteiger partial charge in [0.2, 0.25) is 5.91 Å². The van der Waals surface area contributed by atoms with Gasteiger partial charge in [-0.3, -0.25) is 9.59 Å². The molecule has 0 unspecified atom stereocenters. The molecule has 0 fully saturated rings. The molecular weight excluding hydrogens is 282 g/mol. The summed E-state index contributed by atoms with van der Waals surface area (Å²) in [6, 6.07) is 5.22. The Morgan fingerprint density at radius 1 is 1.45 bits per heavy atom. The van der Waals surface area contributed by atoms with Crippen molar-refractivity contribution in [3.05, 3.63) is 23.8 Å². The summed E-state index contributed by atoms with van der Waals surface area (Å²) in [6.07, 6.45) is -0.0887. The normalized spacial score (nSPS) is 21.5. The van der Waals surface area contributed by atoms with Gasteiger partial charge in [0, 0.05) is 33.0 Å². The number of fused-ring (bicyclic) bond motifs is 1. The van der Waals surface area contributed by atoms with E-state index in [0.717, 1.165) is 0 Å². The van der Waals surface area contributed by atoms with Crippen LogP contribution in [0.4, 0.5) is 5.69 Å². The van der Waals surface area contributed by atoms with Crippen molar-refractivity contribution in [1.82, 2.24) is 10.2 Å². The minimum Gasteiger partial charge on any atom is -0.486 e. The second-order valence-electron chi connectivity index (χ2n) is 5.74. The fourth-order valence-corrected chi connectivity index (χ4v) is 2.67. The highest BCUT2D eigenvalue weighted by Crippen LogP contribution is 2.33. The molecule has 1 aliphatic rings. The van der Waals surface area contributed by atoms with E-state index in [1.807, 2.05) is 7.05 Å². The number of rotatable bonds is 3. The standard InChI is InChI=1S/C16H23N3O3/c1-10-9-19(4)16(21)12-6-5-7-13(18-11(2)20)15(12)22-14(10)8-17-3/h5-7,10,14,17H,8-9H2,1-4H3,(H,18,20)/t10-,14+/m0/s1. The lowest BCUT2D eigenvalue weighted by Crippen LogP contribution is -2.44. The quantitative estimate of drug-likeness (QED) is 0.884. The Hall–Kier alpha value is -2.08. The first-order valence-electron chi connectivity index (χ1n) is 7.41. The Bertz CT molecular complexity index is 574. The number of likely N-dealkylation sites (N-methyl/N-ethyl adjacent to an activating group) is 1. The van der Waals surface area contributed by atoms with E-state index in [1.54, 1.807) is 30.1 Å². The molecule has 0 saturated heterocycles. The molecule has 0 saturated carbocycles. The van der Waals surface area contributed by atoms with Crippen molar-refractivity contribution in [3.8, 4) is 5.75 Å². The highest BCUT2D eigenvalue weighted by molar-refractivity contribution is 6.01. The molecule has 22 heavy (non-hydrogen) atoms. The number of anilines is 1. The van der Waals surface area contributed by atoms with E-state index in [0.29, 0.717) is 30.1 Å². The van der Waals surface area contributed by atoms with Crippen LogP contribution in [0.15, 0.2) is 18.2 Å². The Morgan fingerprint density at radius 2 is 2.18 bits per heavy atom. The number of amides is 2. The number of carbonyl (C=O) groups is 2. The lowest BCUT2D eigenvalue weighted by Gasteiger charge is -2.33. The summed E-state index contributed by atoms with van der Waals surface area (Å²) in [7, 11) is 3.65. The minimum atomic E-state index is -0.196. The van der Waals surface area contributed by atoms with Gasteiger partial charge in [-0.1, -0.05) is 13.0 Å². The molecule has 2 rings (SSSR count). The molecule has 0 radical (unpaired) electrons.